The summed E-state index contributed by atoms with van der Waals surface area (Å²) < 4.78 is 5.91. The van der Waals surface area contributed by atoms with Crippen LogP contribution >= 0.6 is 27.3 Å². The molecular formula is C15H16BrNO2S. The second-order valence-electron chi connectivity index (χ2n) is 4.50. The molecule has 1 amide bonds. The summed E-state index contributed by atoms with van der Waals surface area (Å²) in [6, 6.07) is 9.55. The molecule has 2 aromatic rings. The Morgan fingerprint density at radius 2 is 2.25 bits per heavy atom. The van der Waals surface area contributed by atoms with Crippen molar-refractivity contribution in [2.45, 2.75) is 19.4 Å². The number of nitrogens with one attached hydrogen (secondary N) is 1. The van der Waals surface area contributed by atoms with Crippen molar-refractivity contribution < 1.29 is 9.53 Å². The van der Waals surface area contributed by atoms with Crippen molar-refractivity contribution in [1.29, 1.82) is 0 Å². The molecule has 3 nitrogen and oxygen atoms in total. The Kier molecular flexibility index (Phi) is 5.20. The lowest BCUT2D eigenvalue weighted by molar-refractivity contribution is 0.0939. The molecule has 1 aromatic heterocycles. The predicted molar refractivity (Wildman–Crippen MR) is 85.6 cm³/mol. The maximum atomic E-state index is 12.3. The van der Waals surface area contributed by atoms with Gasteiger partial charge in [0, 0.05) is 21.8 Å². The summed E-state index contributed by atoms with van der Waals surface area (Å²) in [4.78, 5) is 13.5. The Labute approximate surface area is 131 Å². The zero-order chi connectivity index (χ0) is 14.5. The third-order valence-corrected chi connectivity index (χ3v) is 4.47. The van der Waals surface area contributed by atoms with E-state index in [1.54, 1.807) is 24.5 Å². The number of ether oxygens (including phenoxy) is 1. The van der Waals surface area contributed by atoms with E-state index in [0.717, 1.165) is 10.9 Å². The largest absolute Gasteiger partial charge is 0.497 e. The molecular weight excluding hydrogens is 338 g/mol. The van der Waals surface area contributed by atoms with E-state index in [9.17, 15) is 4.79 Å². The highest BCUT2D eigenvalue weighted by molar-refractivity contribution is 9.10. The van der Waals surface area contributed by atoms with Gasteiger partial charge in [0.15, 0.2) is 0 Å². The monoisotopic (exact) mass is 353 g/mol. The standard InChI is InChI=1S/C15H16BrNO2S/c1-10(8-12-4-3-7-20-12)17-15(18)13-9-11(19-2)5-6-14(13)16/h3-7,9-10H,8H2,1-2H3,(H,17,18). The molecule has 0 aliphatic rings. The van der Waals surface area contributed by atoms with Crippen LogP contribution in [0.15, 0.2) is 40.2 Å². The van der Waals surface area contributed by atoms with Gasteiger partial charge < -0.3 is 10.1 Å². The summed E-state index contributed by atoms with van der Waals surface area (Å²) in [5, 5.41) is 5.05. The number of rotatable bonds is 5. The molecule has 0 saturated heterocycles. The minimum atomic E-state index is -0.0974. The van der Waals surface area contributed by atoms with Crippen LogP contribution in [-0.4, -0.2) is 19.1 Å². The quantitative estimate of drug-likeness (QED) is 0.885. The van der Waals surface area contributed by atoms with E-state index in [1.807, 2.05) is 30.5 Å². The second kappa shape index (κ2) is 6.90. The molecule has 0 bridgehead atoms. The molecule has 1 heterocycles. The van der Waals surface area contributed by atoms with Gasteiger partial charge in [-0.3, -0.25) is 4.79 Å². The van der Waals surface area contributed by atoms with E-state index in [4.69, 9.17) is 4.74 Å². The highest BCUT2D eigenvalue weighted by Gasteiger charge is 2.14. The van der Waals surface area contributed by atoms with Gasteiger partial charge in [-0.2, -0.15) is 0 Å². The highest BCUT2D eigenvalue weighted by Crippen LogP contribution is 2.22. The average molecular weight is 354 g/mol. The van der Waals surface area contributed by atoms with E-state index in [1.165, 1.54) is 4.88 Å². The molecule has 0 radical (unpaired) electrons. The van der Waals surface area contributed by atoms with Crippen LogP contribution in [0.5, 0.6) is 5.75 Å². The molecule has 0 spiro atoms. The molecule has 20 heavy (non-hydrogen) atoms. The zero-order valence-electron chi connectivity index (χ0n) is 11.4. The Morgan fingerprint density at radius 1 is 1.45 bits per heavy atom. The molecule has 1 atom stereocenters. The Morgan fingerprint density at radius 3 is 2.90 bits per heavy atom. The zero-order valence-corrected chi connectivity index (χ0v) is 13.8. The summed E-state index contributed by atoms with van der Waals surface area (Å²) in [5.41, 5.74) is 0.586. The van der Waals surface area contributed by atoms with Crippen LogP contribution < -0.4 is 10.1 Å². The van der Waals surface area contributed by atoms with Crippen molar-refractivity contribution in [3.63, 3.8) is 0 Å². The molecule has 2 rings (SSSR count). The Bertz CT molecular complexity index is 584. The van der Waals surface area contributed by atoms with Crippen molar-refractivity contribution in [1.82, 2.24) is 5.32 Å². The number of hydrogen-bond acceptors (Lipinski definition) is 3. The number of methoxy groups -OCH3 is 1. The van der Waals surface area contributed by atoms with E-state index >= 15 is 0 Å². The van der Waals surface area contributed by atoms with Gasteiger partial charge in [0.1, 0.15) is 5.75 Å². The fourth-order valence-corrected chi connectivity index (χ4v) is 3.15. The lowest BCUT2D eigenvalue weighted by Crippen LogP contribution is -2.34. The highest BCUT2D eigenvalue weighted by atomic mass is 79.9. The number of halogens is 1. The van der Waals surface area contributed by atoms with Gasteiger partial charge in [0.25, 0.3) is 5.91 Å². The summed E-state index contributed by atoms with van der Waals surface area (Å²) in [5.74, 6) is 0.573. The van der Waals surface area contributed by atoms with Crippen LogP contribution in [0, 0.1) is 0 Å². The Balaban J connectivity index is 2.04. The summed E-state index contributed by atoms with van der Waals surface area (Å²) >= 11 is 5.10. The third-order valence-electron chi connectivity index (χ3n) is 2.88. The number of carbonyl (C=O) groups is 1. The van der Waals surface area contributed by atoms with Crippen LogP contribution in [0.4, 0.5) is 0 Å². The van der Waals surface area contributed by atoms with E-state index in [0.29, 0.717) is 11.3 Å². The van der Waals surface area contributed by atoms with Crippen molar-refractivity contribution in [2.24, 2.45) is 0 Å². The van der Waals surface area contributed by atoms with Gasteiger partial charge >= 0.3 is 0 Å². The molecule has 0 fully saturated rings. The summed E-state index contributed by atoms with van der Waals surface area (Å²) in [6.07, 6.45) is 0.838. The first-order valence-corrected chi connectivity index (χ1v) is 7.94. The molecule has 1 unspecified atom stereocenters. The van der Waals surface area contributed by atoms with Gasteiger partial charge in [-0.1, -0.05) is 6.07 Å². The lowest BCUT2D eigenvalue weighted by Gasteiger charge is -2.14. The fraction of sp³-hybridized carbons (Fsp3) is 0.267. The average Bonchev–Trinajstić information content (AvgIpc) is 2.91. The van der Waals surface area contributed by atoms with Gasteiger partial charge in [0.05, 0.1) is 12.7 Å². The van der Waals surface area contributed by atoms with Crippen LogP contribution in [0.25, 0.3) is 0 Å². The second-order valence-corrected chi connectivity index (χ2v) is 6.39. The lowest BCUT2D eigenvalue weighted by atomic mass is 10.1. The fourth-order valence-electron chi connectivity index (χ4n) is 1.89. The minimum absolute atomic E-state index is 0.0826. The number of thiophene rings is 1. The first-order chi connectivity index (χ1) is 9.60. The molecule has 0 saturated carbocycles. The SMILES string of the molecule is COc1ccc(Br)c(C(=O)NC(C)Cc2cccs2)c1. The number of benzene rings is 1. The first-order valence-electron chi connectivity index (χ1n) is 6.27. The molecule has 106 valence electrons. The van der Waals surface area contributed by atoms with Gasteiger partial charge in [0.2, 0.25) is 0 Å². The number of hydrogen-bond donors (Lipinski definition) is 1. The van der Waals surface area contributed by atoms with Crippen molar-refractivity contribution in [3.8, 4) is 5.75 Å². The number of carbonyl (C=O) groups excluding carboxylic acids is 1. The normalized spacial score (nSPS) is 11.9. The Hall–Kier alpha value is -1.33. The van der Waals surface area contributed by atoms with Crippen molar-refractivity contribution >= 4 is 33.2 Å². The van der Waals surface area contributed by atoms with Gasteiger partial charge in [-0.05, 0) is 52.5 Å². The van der Waals surface area contributed by atoms with Gasteiger partial charge in [-0.15, -0.1) is 11.3 Å². The number of amides is 1. The van der Waals surface area contributed by atoms with E-state index in [-0.39, 0.29) is 11.9 Å². The van der Waals surface area contributed by atoms with Crippen LogP contribution in [0.2, 0.25) is 0 Å². The predicted octanol–water partition coefficient (Wildman–Crippen LogP) is 3.88. The summed E-state index contributed by atoms with van der Waals surface area (Å²) in [7, 11) is 1.59. The van der Waals surface area contributed by atoms with Crippen molar-refractivity contribution in [2.75, 3.05) is 7.11 Å². The minimum Gasteiger partial charge on any atom is -0.497 e. The van der Waals surface area contributed by atoms with E-state index in [2.05, 4.69) is 27.3 Å². The smallest absolute Gasteiger partial charge is 0.252 e. The van der Waals surface area contributed by atoms with Crippen LogP contribution in [-0.2, 0) is 6.42 Å². The molecule has 0 aliphatic carbocycles. The molecule has 1 N–H and O–H groups in total. The topological polar surface area (TPSA) is 38.3 Å². The molecule has 5 heteroatoms. The van der Waals surface area contributed by atoms with Crippen molar-refractivity contribution in [3.05, 3.63) is 50.6 Å². The summed E-state index contributed by atoms with van der Waals surface area (Å²) in [6.45, 7) is 2.01. The van der Waals surface area contributed by atoms with Gasteiger partial charge in [-0.25, -0.2) is 0 Å². The first kappa shape index (κ1) is 15.1. The maximum absolute atomic E-state index is 12.3. The molecule has 1 aromatic carbocycles. The third kappa shape index (κ3) is 3.84. The molecule has 0 aliphatic heterocycles. The maximum Gasteiger partial charge on any atom is 0.252 e. The van der Waals surface area contributed by atoms with E-state index < -0.39 is 0 Å². The van der Waals surface area contributed by atoms with Crippen LogP contribution in [0.3, 0.4) is 0 Å². The van der Waals surface area contributed by atoms with Crippen LogP contribution in [0.1, 0.15) is 22.2 Å².